The summed E-state index contributed by atoms with van der Waals surface area (Å²) < 4.78 is 5.77. The zero-order valence-corrected chi connectivity index (χ0v) is 11.6. The van der Waals surface area contributed by atoms with Crippen molar-refractivity contribution in [3.8, 4) is 11.6 Å². The van der Waals surface area contributed by atoms with Gasteiger partial charge in [-0.2, -0.15) is 4.98 Å². The maximum absolute atomic E-state index is 9.02. The van der Waals surface area contributed by atoms with Crippen molar-refractivity contribution in [2.24, 2.45) is 5.84 Å². The van der Waals surface area contributed by atoms with E-state index < -0.39 is 0 Å². The number of aromatic nitrogens is 2. The van der Waals surface area contributed by atoms with Crippen LogP contribution in [-0.2, 0) is 13.0 Å². The van der Waals surface area contributed by atoms with E-state index in [-0.39, 0.29) is 6.61 Å². The molecular weight excluding hydrogens is 256 g/mol. The molecule has 1 heterocycles. The zero-order chi connectivity index (χ0) is 14.5. The number of nitrogens with zero attached hydrogens (tertiary/aromatic N) is 2. The predicted molar refractivity (Wildman–Crippen MR) is 76.4 cm³/mol. The molecule has 0 radical (unpaired) electrons. The Labute approximate surface area is 117 Å². The molecule has 0 saturated heterocycles. The molecular formula is C14H18N4O2. The van der Waals surface area contributed by atoms with Crippen molar-refractivity contribution in [3.63, 3.8) is 0 Å². The molecule has 2 aromatic rings. The minimum Gasteiger partial charge on any atom is -0.439 e. The van der Waals surface area contributed by atoms with Crippen LogP contribution in [0.15, 0.2) is 24.3 Å². The normalized spacial score (nSPS) is 10.4. The second-order valence-electron chi connectivity index (χ2n) is 4.32. The second-order valence-corrected chi connectivity index (χ2v) is 4.32. The number of aliphatic hydroxyl groups excluding tert-OH is 1. The smallest absolute Gasteiger partial charge is 0.227 e. The maximum atomic E-state index is 9.02. The summed E-state index contributed by atoms with van der Waals surface area (Å²) in [6.07, 6.45) is 0.689. The van der Waals surface area contributed by atoms with Crippen LogP contribution in [0.5, 0.6) is 11.6 Å². The minimum absolute atomic E-state index is 0.00798. The zero-order valence-electron chi connectivity index (χ0n) is 11.6. The highest BCUT2D eigenvalue weighted by Crippen LogP contribution is 2.27. The van der Waals surface area contributed by atoms with Crippen LogP contribution >= 0.6 is 0 Å². The van der Waals surface area contributed by atoms with E-state index in [1.54, 1.807) is 24.3 Å². The monoisotopic (exact) mass is 274 g/mol. The first kappa shape index (κ1) is 14.2. The Morgan fingerprint density at radius 1 is 1.25 bits per heavy atom. The summed E-state index contributed by atoms with van der Waals surface area (Å²) in [6, 6.07) is 7.17. The van der Waals surface area contributed by atoms with Crippen molar-refractivity contribution in [2.45, 2.75) is 26.9 Å². The molecule has 0 amide bonds. The fourth-order valence-electron chi connectivity index (χ4n) is 1.71. The Kier molecular flexibility index (Phi) is 4.49. The molecule has 6 nitrogen and oxygen atoms in total. The van der Waals surface area contributed by atoms with Crippen molar-refractivity contribution in [3.05, 3.63) is 41.2 Å². The number of nitrogens with two attached hydrogens (primary N) is 1. The van der Waals surface area contributed by atoms with Crippen molar-refractivity contribution in [2.75, 3.05) is 5.43 Å². The lowest BCUT2D eigenvalue weighted by molar-refractivity contribution is 0.281. The summed E-state index contributed by atoms with van der Waals surface area (Å²) in [5.41, 5.74) is 4.13. The van der Waals surface area contributed by atoms with E-state index in [9.17, 15) is 0 Å². The van der Waals surface area contributed by atoms with Gasteiger partial charge in [-0.25, -0.2) is 10.8 Å². The van der Waals surface area contributed by atoms with Crippen LogP contribution in [0.3, 0.4) is 0 Å². The number of hydrogen-bond donors (Lipinski definition) is 3. The summed E-state index contributed by atoms with van der Waals surface area (Å²) >= 11 is 0. The number of hydrogen-bond acceptors (Lipinski definition) is 6. The van der Waals surface area contributed by atoms with Gasteiger partial charge in [0.05, 0.1) is 12.2 Å². The molecule has 0 aliphatic rings. The second kappa shape index (κ2) is 6.31. The lowest BCUT2D eigenvalue weighted by atomic mass is 10.2. The third kappa shape index (κ3) is 3.04. The number of rotatable bonds is 5. The quantitative estimate of drug-likeness (QED) is 0.569. The average molecular weight is 274 g/mol. The van der Waals surface area contributed by atoms with Gasteiger partial charge in [-0.15, -0.1) is 0 Å². The molecule has 0 saturated carbocycles. The van der Waals surface area contributed by atoms with Crippen LogP contribution in [-0.4, -0.2) is 15.1 Å². The van der Waals surface area contributed by atoms with Gasteiger partial charge in [0.25, 0.3) is 0 Å². The minimum atomic E-state index is 0.00798. The highest BCUT2D eigenvalue weighted by atomic mass is 16.5. The fraction of sp³-hybridized carbons (Fsp3) is 0.286. The standard InChI is InChI=1S/C14H18N4O2/c1-3-12-16-13(18-15)9(2)14(17-12)20-11-6-4-10(8-19)5-7-11/h4-7,19H,3,8,15H2,1-2H3,(H,16,17,18). The molecule has 1 aromatic carbocycles. The number of anilines is 1. The van der Waals surface area contributed by atoms with Crippen molar-refractivity contribution in [1.82, 2.24) is 9.97 Å². The summed E-state index contributed by atoms with van der Waals surface area (Å²) in [7, 11) is 0. The maximum Gasteiger partial charge on any atom is 0.227 e. The molecule has 0 spiro atoms. The SMILES string of the molecule is CCc1nc(NN)c(C)c(Oc2ccc(CO)cc2)n1. The molecule has 0 bridgehead atoms. The lowest BCUT2D eigenvalue weighted by Crippen LogP contribution is -2.13. The average Bonchev–Trinajstić information content (AvgIpc) is 2.50. The fourth-order valence-corrected chi connectivity index (χ4v) is 1.71. The molecule has 0 atom stereocenters. The summed E-state index contributed by atoms with van der Waals surface area (Å²) in [5.74, 6) is 7.78. The van der Waals surface area contributed by atoms with E-state index in [0.29, 0.717) is 29.7 Å². The predicted octanol–water partition coefficient (Wildman–Crippen LogP) is 1.92. The van der Waals surface area contributed by atoms with E-state index in [0.717, 1.165) is 11.1 Å². The molecule has 0 unspecified atom stereocenters. The first-order valence-corrected chi connectivity index (χ1v) is 6.39. The molecule has 2 rings (SSSR count). The summed E-state index contributed by atoms with van der Waals surface area (Å²) in [6.45, 7) is 3.81. The molecule has 20 heavy (non-hydrogen) atoms. The Hall–Kier alpha value is -2.18. The highest BCUT2D eigenvalue weighted by Gasteiger charge is 2.11. The molecule has 0 fully saturated rings. The first-order chi connectivity index (χ1) is 9.67. The first-order valence-electron chi connectivity index (χ1n) is 6.39. The van der Waals surface area contributed by atoms with Crippen LogP contribution in [0, 0.1) is 6.92 Å². The van der Waals surface area contributed by atoms with Crippen molar-refractivity contribution < 1.29 is 9.84 Å². The summed E-state index contributed by atoms with van der Waals surface area (Å²) in [4.78, 5) is 8.64. The van der Waals surface area contributed by atoms with Gasteiger partial charge < -0.3 is 15.3 Å². The Bertz CT molecular complexity index is 584. The van der Waals surface area contributed by atoms with Crippen molar-refractivity contribution >= 4 is 5.82 Å². The molecule has 4 N–H and O–H groups in total. The van der Waals surface area contributed by atoms with E-state index in [1.165, 1.54) is 0 Å². The topological polar surface area (TPSA) is 93.3 Å². The van der Waals surface area contributed by atoms with Gasteiger partial charge in [-0.3, -0.25) is 0 Å². The third-order valence-electron chi connectivity index (χ3n) is 2.92. The number of ether oxygens (including phenoxy) is 1. The van der Waals surface area contributed by atoms with E-state index in [2.05, 4.69) is 15.4 Å². The molecule has 1 aromatic heterocycles. The van der Waals surface area contributed by atoms with E-state index >= 15 is 0 Å². The number of hydrazine groups is 1. The largest absolute Gasteiger partial charge is 0.439 e. The van der Waals surface area contributed by atoms with Gasteiger partial charge in [0.1, 0.15) is 17.4 Å². The van der Waals surface area contributed by atoms with Crippen molar-refractivity contribution in [1.29, 1.82) is 0 Å². The van der Waals surface area contributed by atoms with Crippen LogP contribution < -0.4 is 16.0 Å². The molecule has 0 aliphatic heterocycles. The summed E-state index contributed by atoms with van der Waals surface area (Å²) in [5, 5.41) is 9.02. The van der Waals surface area contributed by atoms with Crippen LogP contribution in [0.1, 0.15) is 23.9 Å². The Balaban J connectivity index is 2.31. The van der Waals surface area contributed by atoms with Gasteiger partial charge in [-0.1, -0.05) is 19.1 Å². The molecule has 6 heteroatoms. The molecule has 0 aliphatic carbocycles. The van der Waals surface area contributed by atoms with Gasteiger partial charge in [-0.05, 0) is 24.6 Å². The van der Waals surface area contributed by atoms with E-state index in [4.69, 9.17) is 15.7 Å². The van der Waals surface area contributed by atoms with Crippen LogP contribution in [0.2, 0.25) is 0 Å². The number of benzene rings is 1. The Morgan fingerprint density at radius 3 is 2.50 bits per heavy atom. The molecule has 106 valence electrons. The number of nitrogens with one attached hydrogen (secondary N) is 1. The highest BCUT2D eigenvalue weighted by molar-refractivity contribution is 5.48. The van der Waals surface area contributed by atoms with E-state index in [1.807, 2.05) is 13.8 Å². The Morgan fingerprint density at radius 2 is 1.95 bits per heavy atom. The van der Waals surface area contributed by atoms with Gasteiger partial charge in [0, 0.05) is 6.42 Å². The number of aryl methyl sites for hydroxylation is 1. The number of nitrogen functional groups attached to an aromatic ring is 1. The van der Waals surface area contributed by atoms with Gasteiger partial charge >= 0.3 is 0 Å². The number of aliphatic hydroxyl groups is 1. The van der Waals surface area contributed by atoms with Gasteiger partial charge in [0.15, 0.2) is 0 Å². The third-order valence-corrected chi connectivity index (χ3v) is 2.92. The van der Waals surface area contributed by atoms with Crippen LogP contribution in [0.25, 0.3) is 0 Å². The van der Waals surface area contributed by atoms with Gasteiger partial charge in [0.2, 0.25) is 5.88 Å². The lowest BCUT2D eigenvalue weighted by Gasteiger charge is -2.12. The van der Waals surface area contributed by atoms with Crippen LogP contribution in [0.4, 0.5) is 5.82 Å².